The zero-order valence-electron chi connectivity index (χ0n) is 11.2. The molecular weight excluding hydrogens is 204 g/mol. The van der Waals surface area contributed by atoms with Crippen molar-refractivity contribution >= 4 is 0 Å². The van der Waals surface area contributed by atoms with Gasteiger partial charge in [0.05, 0.1) is 13.2 Å². The number of likely N-dealkylation sites (N-methyl/N-ethyl adjacent to an activating group) is 1. The van der Waals surface area contributed by atoms with Gasteiger partial charge in [0, 0.05) is 32.3 Å². The maximum Gasteiger partial charge on any atom is 0.0597 e. The lowest BCUT2D eigenvalue weighted by Crippen LogP contribution is -2.47. The van der Waals surface area contributed by atoms with E-state index >= 15 is 0 Å². The number of hydrogen-bond acceptors (Lipinski definition) is 4. The topological polar surface area (TPSA) is 44.7 Å². The molecule has 0 aromatic rings. The van der Waals surface area contributed by atoms with E-state index in [1.165, 1.54) is 0 Å². The Hall–Kier alpha value is -0.160. The number of nitrogens with zero attached hydrogens (tertiary/aromatic N) is 1. The summed E-state index contributed by atoms with van der Waals surface area (Å²) < 4.78 is 5.12. The van der Waals surface area contributed by atoms with Gasteiger partial charge in [-0.25, -0.2) is 0 Å². The highest BCUT2D eigenvalue weighted by atomic mass is 16.5. The third-order valence-corrected chi connectivity index (χ3v) is 2.96. The minimum Gasteiger partial charge on any atom is -0.395 e. The SMILES string of the molecule is CCNC(CO)CN(CCOC)C(C)CC. The van der Waals surface area contributed by atoms with E-state index in [1.807, 2.05) is 0 Å². The molecule has 0 heterocycles. The van der Waals surface area contributed by atoms with Crippen molar-refractivity contribution in [3.05, 3.63) is 0 Å². The lowest BCUT2D eigenvalue weighted by molar-refractivity contribution is 0.103. The molecule has 0 aliphatic rings. The van der Waals surface area contributed by atoms with Gasteiger partial charge in [-0.2, -0.15) is 0 Å². The highest BCUT2D eigenvalue weighted by molar-refractivity contribution is 4.74. The molecule has 0 radical (unpaired) electrons. The largest absolute Gasteiger partial charge is 0.395 e. The summed E-state index contributed by atoms with van der Waals surface area (Å²) >= 11 is 0. The van der Waals surface area contributed by atoms with Gasteiger partial charge >= 0.3 is 0 Å². The molecule has 2 unspecified atom stereocenters. The maximum atomic E-state index is 9.27. The Morgan fingerprint density at radius 2 is 2.06 bits per heavy atom. The summed E-state index contributed by atoms with van der Waals surface area (Å²) in [5.74, 6) is 0. The fourth-order valence-corrected chi connectivity index (χ4v) is 1.72. The molecule has 0 fully saturated rings. The fraction of sp³-hybridized carbons (Fsp3) is 1.00. The van der Waals surface area contributed by atoms with Gasteiger partial charge in [0.15, 0.2) is 0 Å². The minimum absolute atomic E-state index is 0.163. The van der Waals surface area contributed by atoms with Gasteiger partial charge < -0.3 is 15.2 Å². The number of nitrogens with one attached hydrogen (secondary N) is 1. The van der Waals surface area contributed by atoms with Crippen LogP contribution in [-0.2, 0) is 4.74 Å². The molecule has 16 heavy (non-hydrogen) atoms. The first-order chi connectivity index (χ1) is 7.69. The zero-order valence-corrected chi connectivity index (χ0v) is 11.2. The fourth-order valence-electron chi connectivity index (χ4n) is 1.72. The smallest absolute Gasteiger partial charge is 0.0597 e. The molecule has 0 rings (SSSR count). The second kappa shape index (κ2) is 10.0. The van der Waals surface area contributed by atoms with E-state index in [4.69, 9.17) is 4.74 Å². The molecule has 2 atom stereocenters. The molecule has 0 aliphatic carbocycles. The highest BCUT2D eigenvalue weighted by Gasteiger charge is 2.16. The van der Waals surface area contributed by atoms with E-state index in [2.05, 4.69) is 31.0 Å². The molecule has 4 nitrogen and oxygen atoms in total. The van der Waals surface area contributed by atoms with Crippen molar-refractivity contribution < 1.29 is 9.84 Å². The Labute approximate surface area is 100.0 Å². The van der Waals surface area contributed by atoms with Crippen molar-refractivity contribution in [1.82, 2.24) is 10.2 Å². The second-order valence-electron chi connectivity index (χ2n) is 4.18. The van der Waals surface area contributed by atoms with E-state index in [-0.39, 0.29) is 12.6 Å². The van der Waals surface area contributed by atoms with Crippen LogP contribution in [0.2, 0.25) is 0 Å². The lowest BCUT2D eigenvalue weighted by atomic mass is 10.2. The van der Waals surface area contributed by atoms with Crippen LogP contribution in [0.4, 0.5) is 0 Å². The zero-order chi connectivity index (χ0) is 12.4. The Morgan fingerprint density at radius 1 is 1.38 bits per heavy atom. The quantitative estimate of drug-likeness (QED) is 0.582. The Balaban J connectivity index is 4.15. The Bertz CT molecular complexity index is 156. The standard InChI is InChI=1S/C12H28N2O2/c1-5-11(3)14(7-8-16-4)9-12(10-15)13-6-2/h11-13,15H,5-10H2,1-4H3. The number of hydrogen-bond donors (Lipinski definition) is 2. The van der Waals surface area contributed by atoms with Crippen LogP contribution in [0.3, 0.4) is 0 Å². The predicted molar refractivity (Wildman–Crippen MR) is 67.8 cm³/mol. The molecule has 0 saturated heterocycles. The average molecular weight is 232 g/mol. The van der Waals surface area contributed by atoms with Crippen LogP contribution in [0.5, 0.6) is 0 Å². The van der Waals surface area contributed by atoms with Crippen LogP contribution in [-0.4, -0.2) is 62.0 Å². The first-order valence-corrected chi connectivity index (χ1v) is 6.26. The second-order valence-corrected chi connectivity index (χ2v) is 4.18. The summed E-state index contributed by atoms with van der Waals surface area (Å²) in [6, 6.07) is 0.693. The summed E-state index contributed by atoms with van der Waals surface area (Å²) in [6.45, 7) is 10.1. The normalized spacial score (nSPS) is 15.4. The van der Waals surface area contributed by atoms with Crippen LogP contribution in [0, 0.1) is 0 Å². The van der Waals surface area contributed by atoms with Crippen molar-refractivity contribution in [1.29, 1.82) is 0 Å². The predicted octanol–water partition coefficient (Wildman–Crippen LogP) is 0.704. The summed E-state index contributed by atoms with van der Waals surface area (Å²) in [7, 11) is 1.72. The van der Waals surface area contributed by atoms with Crippen molar-refractivity contribution in [3.63, 3.8) is 0 Å². The van der Waals surface area contributed by atoms with Gasteiger partial charge in [-0.3, -0.25) is 4.90 Å². The van der Waals surface area contributed by atoms with Crippen molar-refractivity contribution in [2.45, 2.75) is 39.3 Å². The highest BCUT2D eigenvalue weighted by Crippen LogP contribution is 2.04. The van der Waals surface area contributed by atoms with Crippen LogP contribution >= 0.6 is 0 Å². The summed E-state index contributed by atoms with van der Waals surface area (Å²) in [5, 5.41) is 12.6. The van der Waals surface area contributed by atoms with Crippen molar-refractivity contribution in [2.75, 3.05) is 40.0 Å². The number of aliphatic hydroxyl groups excluding tert-OH is 1. The summed E-state index contributed by atoms with van der Waals surface area (Å²) in [4.78, 5) is 2.37. The van der Waals surface area contributed by atoms with E-state index in [0.29, 0.717) is 6.04 Å². The molecule has 4 heteroatoms. The molecule has 0 bridgehead atoms. The molecule has 2 N–H and O–H groups in total. The molecular formula is C12H28N2O2. The molecule has 0 aromatic carbocycles. The average Bonchev–Trinajstić information content (AvgIpc) is 2.32. The number of rotatable bonds is 10. The third kappa shape index (κ3) is 6.43. The monoisotopic (exact) mass is 232 g/mol. The maximum absolute atomic E-state index is 9.27. The van der Waals surface area contributed by atoms with E-state index in [1.54, 1.807) is 7.11 Å². The molecule has 0 saturated carbocycles. The number of aliphatic hydroxyl groups is 1. The van der Waals surface area contributed by atoms with Crippen LogP contribution < -0.4 is 5.32 Å². The van der Waals surface area contributed by atoms with Crippen molar-refractivity contribution in [2.24, 2.45) is 0 Å². The van der Waals surface area contributed by atoms with Gasteiger partial charge in [-0.15, -0.1) is 0 Å². The number of ether oxygens (including phenoxy) is 1. The molecule has 0 spiro atoms. The Morgan fingerprint density at radius 3 is 2.50 bits per heavy atom. The summed E-state index contributed by atoms with van der Waals surface area (Å²) in [5.41, 5.74) is 0. The van der Waals surface area contributed by atoms with Gasteiger partial charge in [0.2, 0.25) is 0 Å². The molecule has 0 aromatic heterocycles. The molecule has 0 amide bonds. The lowest BCUT2D eigenvalue weighted by Gasteiger charge is -2.31. The van der Waals surface area contributed by atoms with E-state index in [9.17, 15) is 5.11 Å². The van der Waals surface area contributed by atoms with Crippen LogP contribution in [0.15, 0.2) is 0 Å². The van der Waals surface area contributed by atoms with E-state index in [0.717, 1.165) is 32.7 Å². The first-order valence-electron chi connectivity index (χ1n) is 6.26. The first kappa shape index (κ1) is 15.8. The molecule has 0 aliphatic heterocycles. The molecule has 98 valence electrons. The van der Waals surface area contributed by atoms with Gasteiger partial charge in [-0.05, 0) is 19.9 Å². The number of methoxy groups -OCH3 is 1. The van der Waals surface area contributed by atoms with Crippen LogP contribution in [0.25, 0.3) is 0 Å². The van der Waals surface area contributed by atoms with Crippen LogP contribution in [0.1, 0.15) is 27.2 Å². The van der Waals surface area contributed by atoms with Gasteiger partial charge in [0.1, 0.15) is 0 Å². The van der Waals surface area contributed by atoms with Crippen molar-refractivity contribution in [3.8, 4) is 0 Å². The van der Waals surface area contributed by atoms with Gasteiger partial charge in [0.25, 0.3) is 0 Å². The van der Waals surface area contributed by atoms with Gasteiger partial charge in [-0.1, -0.05) is 13.8 Å². The minimum atomic E-state index is 0.163. The Kier molecular flexibility index (Phi) is 9.92. The third-order valence-electron chi connectivity index (χ3n) is 2.96. The summed E-state index contributed by atoms with van der Waals surface area (Å²) in [6.07, 6.45) is 1.12. The van der Waals surface area contributed by atoms with E-state index < -0.39 is 0 Å².